The number of benzene rings is 1. The third kappa shape index (κ3) is 1.95. The minimum absolute atomic E-state index is 0.347. The van der Waals surface area contributed by atoms with Crippen molar-refractivity contribution in [2.45, 2.75) is 6.92 Å². The molecule has 12 heavy (non-hydrogen) atoms. The number of hydrogen-bond donors (Lipinski definition) is 2. The molecule has 0 atom stereocenters. The van der Waals surface area contributed by atoms with E-state index in [-0.39, 0.29) is 5.75 Å². The number of amidine groups is 1. The number of phenols is 1. The number of nitrogens with two attached hydrogens (primary N) is 1. The van der Waals surface area contributed by atoms with Gasteiger partial charge in [0.25, 0.3) is 0 Å². The highest BCUT2D eigenvalue weighted by molar-refractivity contribution is 5.80. The minimum Gasteiger partial charge on any atom is -0.505 e. The van der Waals surface area contributed by atoms with Crippen molar-refractivity contribution >= 4 is 11.5 Å². The first-order valence-electron chi connectivity index (χ1n) is 3.39. The molecule has 0 saturated carbocycles. The van der Waals surface area contributed by atoms with Gasteiger partial charge in [0.05, 0.1) is 11.5 Å². The molecule has 0 aliphatic carbocycles. The number of phenolic OH excluding ortho intramolecular Hbond substituents is 1. The van der Waals surface area contributed by atoms with Crippen LogP contribution < -0.4 is 5.73 Å². The average Bonchev–Trinajstić information content (AvgIpc) is 1.96. The van der Waals surface area contributed by atoms with Gasteiger partial charge in [0.2, 0.25) is 0 Å². The summed E-state index contributed by atoms with van der Waals surface area (Å²) in [6.45, 7) is 1.60. The number of aliphatic imine (C=N–C) groups is 1. The van der Waals surface area contributed by atoms with Crippen LogP contribution >= 0.6 is 0 Å². The summed E-state index contributed by atoms with van der Waals surface area (Å²) in [6.07, 6.45) is 0. The molecule has 1 rings (SSSR count). The number of rotatable bonds is 1. The summed E-state index contributed by atoms with van der Waals surface area (Å²) in [6, 6.07) is 3.83. The molecule has 0 heterocycles. The highest BCUT2D eigenvalue weighted by Gasteiger charge is 1.99. The fourth-order valence-electron chi connectivity index (χ4n) is 0.769. The van der Waals surface area contributed by atoms with Gasteiger partial charge in [-0.15, -0.1) is 0 Å². The molecule has 0 saturated heterocycles. The molecular weight excluding hydrogens is 159 g/mol. The molecule has 0 radical (unpaired) electrons. The second-order valence-corrected chi connectivity index (χ2v) is 2.39. The molecular formula is C8H9FN2O. The molecule has 64 valence electrons. The van der Waals surface area contributed by atoms with Crippen LogP contribution in [0.15, 0.2) is 23.2 Å². The van der Waals surface area contributed by atoms with Crippen LogP contribution in [-0.4, -0.2) is 10.9 Å². The van der Waals surface area contributed by atoms with E-state index in [4.69, 9.17) is 10.8 Å². The second-order valence-electron chi connectivity index (χ2n) is 2.39. The molecule has 0 aliphatic heterocycles. The lowest BCUT2D eigenvalue weighted by Crippen LogP contribution is -2.03. The van der Waals surface area contributed by atoms with Crippen LogP contribution in [0.5, 0.6) is 5.75 Å². The van der Waals surface area contributed by atoms with Crippen LogP contribution in [0.1, 0.15) is 6.92 Å². The van der Waals surface area contributed by atoms with Crippen molar-refractivity contribution in [2.75, 3.05) is 0 Å². The highest BCUT2D eigenvalue weighted by Crippen LogP contribution is 2.21. The molecule has 0 fully saturated rings. The van der Waals surface area contributed by atoms with Gasteiger partial charge in [-0.3, -0.25) is 0 Å². The average molecular weight is 168 g/mol. The van der Waals surface area contributed by atoms with Crippen molar-refractivity contribution in [3.05, 3.63) is 24.0 Å². The van der Waals surface area contributed by atoms with E-state index in [1.54, 1.807) is 6.92 Å². The van der Waals surface area contributed by atoms with Gasteiger partial charge in [-0.1, -0.05) is 0 Å². The molecule has 0 spiro atoms. The monoisotopic (exact) mass is 168 g/mol. The van der Waals surface area contributed by atoms with Gasteiger partial charge < -0.3 is 10.8 Å². The summed E-state index contributed by atoms with van der Waals surface area (Å²) in [4.78, 5) is 3.80. The van der Waals surface area contributed by atoms with E-state index in [1.165, 1.54) is 12.1 Å². The van der Waals surface area contributed by atoms with E-state index in [0.29, 0.717) is 11.5 Å². The highest BCUT2D eigenvalue weighted by atomic mass is 19.1. The standard InChI is InChI=1S/C8H9FN2O/c1-5(10)11-6-2-3-8(12)7(9)4-6/h2-4,12H,1H3,(H2,10,11). The zero-order chi connectivity index (χ0) is 9.14. The summed E-state index contributed by atoms with van der Waals surface area (Å²) in [5.41, 5.74) is 5.67. The topological polar surface area (TPSA) is 58.6 Å². The molecule has 0 unspecified atom stereocenters. The molecule has 0 bridgehead atoms. The third-order valence-corrected chi connectivity index (χ3v) is 1.24. The predicted molar refractivity (Wildman–Crippen MR) is 45.0 cm³/mol. The molecule has 0 aliphatic rings. The van der Waals surface area contributed by atoms with E-state index >= 15 is 0 Å². The summed E-state index contributed by atoms with van der Waals surface area (Å²) in [5, 5.41) is 8.82. The van der Waals surface area contributed by atoms with E-state index in [0.717, 1.165) is 6.07 Å². The smallest absolute Gasteiger partial charge is 0.166 e. The van der Waals surface area contributed by atoms with E-state index in [9.17, 15) is 4.39 Å². The van der Waals surface area contributed by atoms with Crippen LogP contribution in [0.4, 0.5) is 10.1 Å². The fourth-order valence-corrected chi connectivity index (χ4v) is 0.769. The van der Waals surface area contributed by atoms with E-state index in [2.05, 4.69) is 4.99 Å². The number of halogens is 1. The largest absolute Gasteiger partial charge is 0.505 e. The van der Waals surface area contributed by atoms with Gasteiger partial charge in [-0.05, 0) is 19.1 Å². The quantitative estimate of drug-likeness (QED) is 0.493. The number of aromatic hydroxyl groups is 1. The van der Waals surface area contributed by atoms with Gasteiger partial charge in [-0.25, -0.2) is 9.38 Å². The fraction of sp³-hybridized carbons (Fsp3) is 0.125. The first-order valence-corrected chi connectivity index (χ1v) is 3.39. The van der Waals surface area contributed by atoms with E-state index in [1.807, 2.05) is 0 Å². The van der Waals surface area contributed by atoms with Gasteiger partial charge in [-0.2, -0.15) is 0 Å². The Morgan fingerprint density at radius 2 is 2.25 bits per heavy atom. The van der Waals surface area contributed by atoms with Crippen LogP contribution in [-0.2, 0) is 0 Å². The maximum atomic E-state index is 12.7. The Labute approximate surface area is 69.4 Å². The Bertz CT molecular complexity index is 319. The SMILES string of the molecule is CC(N)=Nc1ccc(O)c(F)c1. The van der Waals surface area contributed by atoms with Crippen molar-refractivity contribution in [1.29, 1.82) is 0 Å². The first-order chi connectivity index (χ1) is 5.59. The molecule has 4 heteroatoms. The van der Waals surface area contributed by atoms with Crippen LogP contribution in [0, 0.1) is 5.82 Å². The molecule has 1 aromatic rings. The molecule has 0 amide bonds. The minimum atomic E-state index is -0.697. The van der Waals surface area contributed by atoms with Gasteiger partial charge >= 0.3 is 0 Å². The van der Waals surface area contributed by atoms with Crippen LogP contribution in [0.3, 0.4) is 0 Å². The van der Waals surface area contributed by atoms with Crippen LogP contribution in [0.25, 0.3) is 0 Å². The maximum absolute atomic E-state index is 12.7. The molecule has 3 N–H and O–H groups in total. The summed E-state index contributed by atoms with van der Waals surface area (Å²) < 4.78 is 12.7. The van der Waals surface area contributed by atoms with Crippen molar-refractivity contribution < 1.29 is 9.50 Å². The zero-order valence-electron chi connectivity index (χ0n) is 6.58. The second kappa shape index (κ2) is 3.21. The summed E-state index contributed by atoms with van der Waals surface area (Å²) in [5.74, 6) is -0.735. The third-order valence-electron chi connectivity index (χ3n) is 1.24. The Kier molecular flexibility index (Phi) is 2.28. The maximum Gasteiger partial charge on any atom is 0.166 e. The molecule has 1 aromatic carbocycles. The Morgan fingerprint density at radius 3 is 2.75 bits per heavy atom. The van der Waals surface area contributed by atoms with Gasteiger partial charge in [0.15, 0.2) is 11.6 Å². The first kappa shape index (κ1) is 8.52. The van der Waals surface area contributed by atoms with E-state index < -0.39 is 5.82 Å². The summed E-state index contributed by atoms with van der Waals surface area (Å²) in [7, 11) is 0. The lowest BCUT2D eigenvalue weighted by molar-refractivity contribution is 0.432. The summed E-state index contributed by atoms with van der Waals surface area (Å²) >= 11 is 0. The number of hydrogen-bond acceptors (Lipinski definition) is 2. The van der Waals surface area contributed by atoms with Gasteiger partial charge in [0, 0.05) is 6.07 Å². The van der Waals surface area contributed by atoms with Crippen molar-refractivity contribution in [3.63, 3.8) is 0 Å². The molecule has 3 nitrogen and oxygen atoms in total. The van der Waals surface area contributed by atoms with Gasteiger partial charge in [0.1, 0.15) is 0 Å². The Hall–Kier alpha value is -1.58. The zero-order valence-corrected chi connectivity index (χ0v) is 6.58. The Balaban J connectivity index is 3.05. The van der Waals surface area contributed by atoms with Crippen molar-refractivity contribution in [1.82, 2.24) is 0 Å². The van der Waals surface area contributed by atoms with Crippen LogP contribution in [0.2, 0.25) is 0 Å². The predicted octanol–water partition coefficient (Wildman–Crippen LogP) is 1.54. The Morgan fingerprint density at radius 1 is 1.58 bits per heavy atom. The number of nitrogens with zero attached hydrogens (tertiary/aromatic N) is 1. The van der Waals surface area contributed by atoms with Crippen molar-refractivity contribution in [3.8, 4) is 5.75 Å². The molecule has 0 aromatic heterocycles. The normalized spacial score (nSPS) is 11.7. The lowest BCUT2D eigenvalue weighted by atomic mass is 10.3. The lowest BCUT2D eigenvalue weighted by Gasteiger charge is -1.96. The van der Waals surface area contributed by atoms with Crippen molar-refractivity contribution in [2.24, 2.45) is 10.7 Å².